The van der Waals surface area contributed by atoms with Crippen molar-refractivity contribution in [3.8, 4) is 0 Å². The zero-order valence-corrected chi connectivity index (χ0v) is 16.2. The molecule has 1 N–H and O–H groups in total. The van der Waals surface area contributed by atoms with Crippen LogP contribution in [-0.4, -0.2) is 20.7 Å². The standard InChI is InChI=1S/C20H19ClN4OS/c1-2-12-25-18(13-22-19(26)16-6-4-3-5-7-16)23-24-20(25)27-14-15-8-10-17(21)11-9-15/h2-11H,1,12-14H2,(H,22,26). The van der Waals surface area contributed by atoms with E-state index in [2.05, 4.69) is 22.1 Å². The first-order valence-electron chi connectivity index (χ1n) is 8.41. The van der Waals surface area contributed by atoms with E-state index < -0.39 is 0 Å². The van der Waals surface area contributed by atoms with E-state index >= 15 is 0 Å². The molecule has 0 bridgehead atoms. The number of halogens is 1. The van der Waals surface area contributed by atoms with Crippen molar-refractivity contribution in [1.82, 2.24) is 20.1 Å². The summed E-state index contributed by atoms with van der Waals surface area (Å²) < 4.78 is 1.96. The Labute approximate surface area is 167 Å². The molecule has 1 amide bonds. The number of hydrogen-bond acceptors (Lipinski definition) is 4. The van der Waals surface area contributed by atoms with Crippen molar-refractivity contribution in [3.05, 3.63) is 89.2 Å². The van der Waals surface area contributed by atoms with Gasteiger partial charge in [0.25, 0.3) is 5.91 Å². The zero-order valence-electron chi connectivity index (χ0n) is 14.6. The lowest BCUT2D eigenvalue weighted by Gasteiger charge is -2.09. The summed E-state index contributed by atoms with van der Waals surface area (Å²) in [5, 5.41) is 12.9. The van der Waals surface area contributed by atoms with Crippen molar-refractivity contribution in [3.63, 3.8) is 0 Å². The van der Waals surface area contributed by atoms with Crippen LogP contribution in [-0.2, 0) is 18.8 Å². The molecule has 0 aliphatic rings. The van der Waals surface area contributed by atoms with Gasteiger partial charge in [-0.05, 0) is 29.8 Å². The van der Waals surface area contributed by atoms with Gasteiger partial charge in [-0.25, -0.2) is 0 Å². The number of thioether (sulfide) groups is 1. The van der Waals surface area contributed by atoms with Crippen LogP contribution in [0.2, 0.25) is 5.02 Å². The molecule has 0 radical (unpaired) electrons. The molecule has 1 heterocycles. The van der Waals surface area contributed by atoms with Gasteiger partial charge in [-0.3, -0.25) is 4.79 Å². The number of amides is 1. The first kappa shape index (κ1) is 19.2. The summed E-state index contributed by atoms with van der Waals surface area (Å²) in [4.78, 5) is 12.2. The average molecular weight is 399 g/mol. The molecule has 3 rings (SSSR count). The maximum Gasteiger partial charge on any atom is 0.251 e. The lowest BCUT2D eigenvalue weighted by molar-refractivity contribution is 0.0949. The first-order chi connectivity index (χ1) is 13.2. The average Bonchev–Trinajstić information content (AvgIpc) is 3.08. The summed E-state index contributed by atoms with van der Waals surface area (Å²) in [6.45, 7) is 4.68. The Bertz CT molecular complexity index is 909. The van der Waals surface area contributed by atoms with Crippen LogP contribution in [0.15, 0.2) is 72.4 Å². The number of rotatable bonds is 8. The summed E-state index contributed by atoms with van der Waals surface area (Å²) in [5.41, 5.74) is 1.76. The third-order valence-electron chi connectivity index (χ3n) is 3.83. The Hall–Kier alpha value is -2.57. The minimum absolute atomic E-state index is 0.140. The van der Waals surface area contributed by atoms with Gasteiger partial charge in [-0.2, -0.15) is 0 Å². The van der Waals surface area contributed by atoms with E-state index in [0.717, 1.165) is 21.5 Å². The molecule has 27 heavy (non-hydrogen) atoms. The second-order valence-electron chi connectivity index (χ2n) is 5.76. The molecular weight excluding hydrogens is 380 g/mol. The monoisotopic (exact) mass is 398 g/mol. The predicted molar refractivity (Wildman–Crippen MR) is 109 cm³/mol. The fraction of sp³-hybridized carbons (Fsp3) is 0.150. The molecule has 0 aliphatic heterocycles. The Morgan fingerprint density at radius 3 is 2.59 bits per heavy atom. The highest BCUT2D eigenvalue weighted by atomic mass is 35.5. The highest BCUT2D eigenvalue weighted by molar-refractivity contribution is 7.98. The highest BCUT2D eigenvalue weighted by Crippen LogP contribution is 2.23. The molecule has 138 valence electrons. The Morgan fingerprint density at radius 1 is 1.15 bits per heavy atom. The van der Waals surface area contributed by atoms with Crippen molar-refractivity contribution in [1.29, 1.82) is 0 Å². The fourth-order valence-corrected chi connectivity index (χ4v) is 3.50. The molecule has 0 aliphatic carbocycles. The summed E-state index contributed by atoms with van der Waals surface area (Å²) in [5.74, 6) is 1.31. The maximum atomic E-state index is 12.2. The number of carbonyl (C=O) groups is 1. The van der Waals surface area contributed by atoms with E-state index in [9.17, 15) is 4.79 Å². The summed E-state index contributed by atoms with van der Waals surface area (Å²) in [6, 6.07) is 16.8. The normalized spacial score (nSPS) is 10.6. The minimum atomic E-state index is -0.140. The number of benzene rings is 2. The lowest BCUT2D eigenvalue weighted by atomic mass is 10.2. The number of nitrogens with one attached hydrogen (secondary N) is 1. The number of nitrogens with zero attached hydrogens (tertiary/aromatic N) is 3. The van der Waals surface area contributed by atoms with E-state index in [1.807, 2.05) is 47.0 Å². The largest absolute Gasteiger partial charge is 0.345 e. The second-order valence-corrected chi connectivity index (χ2v) is 7.14. The second kappa shape index (κ2) is 9.39. The highest BCUT2D eigenvalue weighted by Gasteiger charge is 2.13. The van der Waals surface area contributed by atoms with Crippen LogP contribution < -0.4 is 5.32 Å². The SMILES string of the molecule is C=CCn1c(CNC(=O)c2ccccc2)nnc1SCc1ccc(Cl)cc1. The summed E-state index contributed by atoms with van der Waals surface area (Å²) in [7, 11) is 0. The van der Waals surface area contributed by atoms with Crippen molar-refractivity contribution in [2.45, 2.75) is 24.0 Å². The Morgan fingerprint density at radius 2 is 1.89 bits per heavy atom. The third-order valence-corrected chi connectivity index (χ3v) is 5.12. The van der Waals surface area contributed by atoms with Gasteiger partial charge >= 0.3 is 0 Å². The van der Waals surface area contributed by atoms with Crippen molar-refractivity contribution < 1.29 is 4.79 Å². The summed E-state index contributed by atoms with van der Waals surface area (Å²) >= 11 is 7.51. The molecule has 0 unspecified atom stereocenters. The van der Waals surface area contributed by atoms with E-state index in [1.165, 1.54) is 0 Å². The van der Waals surface area contributed by atoms with Crippen LogP contribution in [0.1, 0.15) is 21.7 Å². The molecule has 0 saturated carbocycles. The molecule has 3 aromatic rings. The lowest BCUT2D eigenvalue weighted by Crippen LogP contribution is -2.24. The van der Waals surface area contributed by atoms with Gasteiger partial charge in [-0.1, -0.05) is 59.8 Å². The van der Waals surface area contributed by atoms with E-state index in [0.29, 0.717) is 24.5 Å². The fourth-order valence-electron chi connectivity index (χ4n) is 2.45. The van der Waals surface area contributed by atoms with Crippen molar-refractivity contribution in [2.75, 3.05) is 0 Å². The van der Waals surface area contributed by atoms with E-state index in [4.69, 9.17) is 11.6 Å². The van der Waals surface area contributed by atoms with E-state index in [-0.39, 0.29) is 5.91 Å². The van der Waals surface area contributed by atoms with Gasteiger partial charge in [0.1, 0.15) is 0 Å². The first-order valence-corrected chi connectivity index (χ1v) is 9.77. The van der Waals surface area contributed by atoms with Crippen LogP contribution in [0.25, 0.3) is 0 Å². The van der Waals surface area contributed by atoms with Gasteiger partial charge in [0.05, 0.1) is 6.54 Å². The molecule has 1 aromatic heterocycles. The Kier molecular flexibility index (Phi) is 6.68. The number of allylic oxidation sites excluding steroid dienone is 1. The van der Waals surface area contributed by atoms with Crippen molar-refractivity contribution >= 4 is 29.3 Å². The van der Waals surface area contributed by atoms with Gasteiger partial charge < -0.3 is 9.88 Å². The topological polar surface area (TPSA) is 59.8 Å². The molecule has 5 nitrogen and oxygen atoms in total. The Balaban J connectivity index is 1.66. The van der Waals surface area contributed by atoms with Crippen LogP contribution >= 0.6 is 23.4 Å². The molecule has 0 spiro atoms. The molecule has 0 saturated heterocycles. The zero-order chi connectivity index (χ0) is 19.1. The van der Waals surface area contributed by atoms with Gasteiger partial charge in [0.15, 0.2) is 11.0 Å². The van der Waals surface area contributed by atoms with Crippen LogP contribution in [0.5, 0.6) is 0 Å². The molecule has 7 heteroatoms. The van der Waals surface area contributed by atoms with Crippen LogP contribution in [0, 0.1) is 0 Å². The van der Waals surface area contributed by atoms with E-state index in [1.54, 1.807) is 30.0 Å². The molecular formula is C20H19ClN4OS. The molecule has 2 aromatic carbocycles. The molecule has 0 fully saturated rings. The van der Waals surface area contributed by atoms with Crippen LogP contribution in [0.4, 0.5) is 0 Å². The third kappa shape index (κ3) is 5.21. The number of hydrogen-bond donors (Lipinski definition) is 1. The van der Waals surface area contributed by atoms with Gasteiger partial charge in [-0.15, -0.1) is 16.8 Å². The summed E-state index contributed by atoms with van der Waals surface area (Å²) in [6.07, 6.45) is 1.79. The maximum absolute atomic E-state index is 12.2. The minimum Gasteiger partial charge on any atom is -0.345 e. The quantitative estimate of drug-likeness (QED) is 0.453. The van der Waals surface area contributed by atoms with Crippen LogP contribution in [0.3, 0.4) is 0 Å². The smallest absolute Gasteiger partial charge is 0.251 e. The van der Waals surface area contributed by atoms with Gasteiger partial charge in [0.2, 0.25) is 0 Å². The number of aromatic nitrogens is 3. The van der Waals surface area contributed by atoms with Crippen molar-refractivity contribution in [2.24, 2.45) is 0 Å². The number of carbonyl (C=O) groups excluding carboxylic acids is 1. The van der Waals surface area contributed by atoms with Gasteiger partial charge in [0, 0.05) is 22.9 Å². The predicted octanol–water partition coefficient (Wildman–Crippen LogP) is 4.34. The molecule has 0 atom stereocenters.